The summed E-state index contributed by atoms with van der Waals surface area (Å²) in [6.45, 7) is 0. The van der Waals surface area contributed by atoms with Crippen LogP contribution in [0.1, 0.15) is 15.9 Å². The number of phenolic OH excluding ortho intramolecular Hbond substituents is 1. The van der Waals surface area contributed by atoms with Crippen LogP contribution < -0.4 is 4.74 Å². The van der Waals surface area contributed by atoms with Gasteiger partial charge in [0.2, 0.25) is 5.78 Å². The molecule has 2 heterocycles. The van der Waals surface area contributed by atoms with E-state index in [9.17, 15) is 9.90 Å². The van der Waals surface area contributed by atoms with Crippen LogP contribution in [0, 0.1) is 0 Å². The fourth-order valence-electron chi connectivity index (χ4n) is 1.91. The van der Waals surface area contributed by atoms with E-state index >= 15 is 0 Å². The quantitative estimate of drug-likeness (QED) is 0.651. The fourth-order valence-corrected chi connectivity index (χ4v) is 3.31. The maximum atomic E-state index is 12.3. The second-order valence-corrected chi connectivity index (χ2v) is 6.11. The number of aromatic nitrogens is 2. The lowest BCUT2D eigenvalue weighted by atomic mass is 10.1. The molecule has 1 aliphatic rings. The molecule has 1 N–H and O–H groups in total. The molecule has 1 aromatic carbocycles. The third-order valence-corrected chi connectivity index (χ3v) is 4.66. The molecule has 0 amide bonds. The number of halogens is 1. The molecule has 0 saturated carbocycles. The van der Waals surface area contributed by atoms with Crippen LogP contribution in [-0.2, 0) is 0 Å². The summed E-state index contributed by atoms with van der Waals surface area (Å²) in [4.78, 5) is 20.8. The van der Waals surface area contributed by atoms with E-state index in [-0.39, 0.29) is 11.5 Å². The van der Waals surface area contributed by atoms with Crippen molar-refractivity contribution in [1.82, 2.24) is 9.97 Å². The first kappa shape index (κ1) is 14.1. The zero-order valence-corrected chi connectivity index (χ0v) is 13.2. The highest BCUT2D eigenvalue weighted by atomic mass is 79.9. The Labute approximate surface area is 133 Å². The molecule has 7 heteroatoms. The lowest BCUT2D eigenvalue weighted by molar-refractivity contribution is 0.104. The Balaban J connectivity index is 2.03. The van der Waals surface area contributed by atoms with Crippen molar-refractivity contribution in [3.05, 3.63) is 45.2 Å². The number of carbonyl (C=O) groups is 1. The highest BCUT2D eigenvalue weighted by molar-refractivity contribution is 9.10. The standard InChI is InChI=1S/C14H9BrN2O3S/c1-20-11-2-7(9(15)4-10(11)18)3-12-13(19)8-5-16-6-17-14(8)21-12/h2-6,18H,1H3/b12-3-. The van der Waals surface area contributed by atoms with Gasteiger partial charge in [-0.1, -0.05) is 27.7 Å². The molecule has 2 aromatic rings. The number of rotatable bonds is 2. The number of methoxy groups -OCH3 is 1. The van der Waals surface area contributed by atoms with Crippen LogP contribution in [0.2, 0.25) is 0 Å². The van der Waals surface area contributed by atoms with Crippen LogP contribution in [0.25, 0.3) is 6.08 Å². The largest absolute Gasteiger partial charge is 0.504 e. The van der Waals surface area contributed by atoms with Gasteiger partial charge in [-0.15, -0.1) is 0 Å². The first-order chi connectivity index (χ1) is 10.1. The molecule has 3 rings (SSSR count). The van der Waals surface area contributed by atoms with Crippen molar-refractivity contribution >= 4 is 39.6 Å². The van der Waals surface area contributed by atoms with Crippen molar-refractivity contribution in [1.29, 1.82) is 0 Å². The number of carbonyl (C=O) groups excluding carboxylic acids is 1. The van der Waals surface area contributed by atoms with E-state index in [4.69, 9.17) is 4.74 Å². The van der Waals surface area contributed by atoms with Crippen molar-refractivity contribution < 1.29 is 14.6 Å². The van der Waals surface area contributed by atoms with Gasteiger partial charge >= 0.3 is 0 Å². The molecule has 21 heavy (non-hydrogen) atoms. The third kappa shape index (κ3) is 2.54. The Bertz CT molecular complexity index is 777. The normalized spacial score (nSPS) is 15.3. The molecule has 0 atom stereocenters. The number of phenols is 1. The van der Waals surface area contributed by atoms with Crippen LogP contribution in [0.15, 0.2) is 39.1 Å². The van der Waals surface area contributed by atoms with Gasteiger partial charge in [-0.2, -0.15) is 0 Å². The molecular formula is C14H9BrN2O3S. The number of nitrogens with zero attached hydrogens (tertiary/aromatic N) is 2. The number of hydrogen-bond donors (Lipinski definition) is 1. The van der Waals surface area contributed by atoms with Gasteiger partial charge in [0.05, 0.1) is 17.6 Å². The molecule has 1 aliphatic heterocycles. The van der Waals surface area contributed by atoms with Crippen LogP contribution in [0.3, 0.4) is 0 Å². The van der Waals surface area contributed by atoms with Gasteiger partial charge in [-0.25, -0.2) is 9.97 Å². The Kier molecular flexibility index (Phi) is 3.69. The van der Waals surface area contributed by atoms with E-state index in [1.165, 1.54) is 37.5 Å². The number of aromatic hydroxyl groups is 1. The molecular weight excluding hydrogens is 356 g/mol. The molecule has 0 fully saturated rings. The molecule has 0 bridgehead atoms. The smallest absolute Gasteiger partial charge is 0.204 e. The summed E-state index contributed by atoms with van der Waals surface area (Å²) in [7, 11) is 1.47. The lowest BCUT2D eigenvalue weighted by Crippen LogP contribution is -1.96. The predicted octanol–water partition coefficient (Wildman–Crippen LogP) is 3.28. The Morgan fingerprint density at radius 1 is 1.43 bits per heavy atom. The second kappa shape index (κ2) is 5.50. The SMILES string of the molecule is COc1cc(/C=C2\Sc3ncncc3C2=O)c(Br)cc1O. The molecule has 0 aliphatic carbocycles. The van der Waals surface area contributed by atoms with E-state index < -0.39 is 0 Å². The second-order valence-electron chi connectivity index (χ2n) is 4.23. The van der Waals surface area contributed by atoms with E-state index in [0.717, 1.165) is 5.56 Å². The predicted molar refractivity (Wildman–Crippen MR) is 82.6 cm³/mol. The van der Waals surface area contributed by atoms with Gasteiger partial charge in [0.1, 0.15) is 11.4 Å². The topological polar surface area (TPSA) is 72.3 Å². The Morgan fingerprint density at radius 2 is 2.24 bits per heavy atom. The first-order valence-corrected chi connectivity index (χ1v) is 7.52. The molecule has 0 saturated heterocycles. The lowest BCUT2D eigenvalue weighted by Gasteiger charge is -2.07. The summed E-state index contributed by atoms with van der Waals surface area (Å²) in [5, 5.41) is 10.4. The zero-order chi connectivity index (χ0) is 15.0. The molecule has 0 unspecified atom stereocenters. The zero-order valence-electron chi connectivity index (χ0n) is 10.8. The Hall–Kier alpha value is -1.86. The summed E-state index contributed by atoms with van der Waals surface area (Å²) in [6, 6.07) is 3.19. The first-order valence-electron chi connectivity index (χ1n) is 5.91. The Morgan fingerprint density at radius 3 is 2.95 bits per heavy atom. The molecule has 0 spiro atoms. The summed E-state index contributed by atoms with van der Waals surface area (Å²) < 4.78 is 5.75. The number of ether oxygens (including phenoxy) is 1. The minimum atomic E-state index is -0.102. The van der Waals surface area contributed by atoms with Crippen molar-refractivity contribution in [3.8, 4) is 11.5 Å². The van der Waals surface area contributed by atoms with Gasteiger partial charge < -0.3 is 9.84 Å². The van der Waals surface area contributed by atoms with Crippen LogP contribution >= 0.6 is 27.7 Å². The number of hydrogen-bond acceptors (Lipinski definition) is 6. The van der Waals surface area contributed by atoms with Crippen LogP contribution in [-0.4, -0.2) is 28.0 Å². The fraction of sp³-hybridized carbons (Fsp3) is 0.0714. The molecule has 106 valence electrons. The number of benzene rings is 1. The van der Waals surface area contributed by atoms with E-state index in [0.29, 0.717) is 25.7 Å². The van der Waals surface area contributed by atoms with Gasteiger partial charge in [0, 0.05) is 10.7 Å². The van der Waals surface area contributed by atoms with Crippen molar-refractivity contribution in [2.45, 2.75) is 5.03 Å². The average molecular weight is 365 g/mol. The average Bonchev–Trinajstić information content (AvgIpc) is 2.79. The minimum absolute atomic E-state index is 0.0334. The van der Waals surface area contributed by atoms with E-state index in [1.807, 2.05) is 0 Å². The number of allylic oxidation sites excluding steroid dienone is 1. The molecule has 5 nitrogen and oxygen atoms in total. The summed E-state index contributed by atoms with van der Waals surface area (Å²) in [5.41, 5.74) is 1.25. The monoisotopic (exact) mass is 364 g/mol. The van der Waals surface area contributed by atoms with Crippen molar-refractivity contribution in [2.24, 2.45) is 0 Å². The number of thioether (sulfide) groups is 1. The van der Waals surface area contributed by atoms with Gasteiger partial charge in [-0.05, 0) is 23.8 Å². The highest BCUT2D eigenvalue weighted by Gasteiger charge is 2.27. The van der Waals surface area contributed by atoms with Crippen LogP contribution in [0.4, 0.5) is 0 Å². The van der Waals surface area contributed by atoms with E-state index in [1.54, 1.807) is 12.1 Å². The van der Waals surface area contributed by atoms with Gasteiger partial charge in [0.15, 0.2) is 11.5 Å². The summed E-state index contributed by atoms with van der Waals surface area (Å²) in [6.07, 6.45) is 4.67. The van der Waals surface area contributed by atoms with Crippen LogP contribution in [0.5, 0.6) is 11.5 Å². The number of Topliss-reactive ketones (excluding diaryl/α,β-unsaturated/α-hetero) is 1. The van der Waals surface area contributed by atoms with Crippen molar-refractivity contribution in [2.75, 3.05) is 7.11 Å². The van der Waals surface area contributed by atoms with Crippen molar-refractivity contribution in [3.63, 3.8) is 0 Å². The summed E-state index contributed by atoms with van der Waals surface area (Å²) in [5.74, 6) is 0.276. The minimum Gasteiger partial charge on any atom is -0.504 e. The van der Waals surface area contributed by atoms with Gasteiger partial charge in [-0.3, -0.25) is 4.79 Å². The summed E-state index contributed by atoms with van der Waals surface area (Å²) >= 11 is 4.67. The molecule has 0 radical (unpaired) electrons. The highest BCUT2D eigenvalue weighted by Crippen LogP contribution is 2.41. The maximum absolute atomic E-state index is 12.3. The van der Waals surface area contributed by atoms with Gasteiger partial charge in [0.25, 0.3) is 0 Å². The maximum Gasteiger partial charge on any atom is 0.204 e. The molecule has 1 aromatic heterocycles. The number of fused-ring (bicyclic) bond motifs is 1. The van der Waals surface area contributed by atoms with E-state index in [2.05, 4.69) is 25.9 Å². The third-order valence-electron chi connectivity index (χ3n) is 2.94. The number of ketones is 1.